The summed E-state index contributed by atoms with van der Waals surface area (Å²) in [5, 5.41) is 0. The highest BCUT2D eigenvalue weighted by Crippen LogP contribution is 2.23. The van der Waals surface area contributed by atoms with Gasteiger partial charge in [-0.05, 0) is 35.9 Å². The molecule has 0 saturated heterocycles. The lowest BCUT2D eigenvalue weighted by molar-refractivity contribution is 0.103. The van der Waals surface area contributed by atoms with Crippen molar-refractivity contribution in [2.45, 2.75) is 6.42 Å². The Hall–Kier alpha value is -2.07. The maximum Gasteiger partial charge on any atom is 0.190 e. The number of ketones is 1. The predicted octanol–water partition coefficient (Wildman–Crippen LogP) is 4.33. The van der Waals surface area contributed by atoms with E-state index in [1.807, 2.05) is 73.7 Å². The minimum absolute atomic E-state index is 0.0251. The molecule has 0 bridgehead atoms. The number of methoxy groups -OCH3 is 1. The average molecular weight is 374 g/mol. The zero-order chi connectivity index (χ0) is 16.8. The van der Waals surface area contributed by atoms with Crippen LogP contribution in [0.1, 0.15) is 15.9 Å². The standard InChI is InChI=1S/C19H20BrNO2/c1-21(2)13-16(12-15-6-4-5-7-18(15)23-3)19(22)14-8-10-17(20)11-9-14/h4-11,13H,12H2,1-3H3/b16-13+. The normalized spacial score (nSPS) is 11.2. The van der Waals surface area contributed by atoms with Gasteiger partial charge in [0.05, 0.1) is 7.11 Å². The third kappa shape index (κ3) is 4.70. The van der Waals surface area contributed by atoms with Crippen molar-refractivity contribution in [2.24, 2.45) is 0 Å². The van der Waals surface area contributed by atoms with Crippen LogP contribution in [0.25, 0.3) is 0 Å². The molecular formula is C19H20BrNO2. The summed E-state index contributed by atoms with van der Waals surface area (Å²) in [4.78, 5) is 14.7. The quantitative estimate of drug-likeness (QED) is 0.557. The van der Waals surface area contributed by atoms with E-state index in [4.69, 9.17) is 4.74 Å². The molecule has 0 N–H and O–H groups in total. The Kier molecular flexibility index (Phi) is 5.99. The number of allylic oxidation sites excluding steroid dienone is 1. The van der Waals surface area contributed by atoms with E-state index in [9.17, 15) is 4.79 Å². The SMILES string of the molecule is COc1ccccc1C/C(=C\N(C)C)C(=O)c1ccc(Br)cc1. The Bertz CT molecular complexity index is 706. The van der Waals surface area contributed by atoms with Crippen molar-refractivity contribution in [3.05, 3.63) is 75.9 Å². The van der Waals surface area contributed by atoms with Gasteiger partial charge in [0.15, 0.2) is 5.78 Å². The first-order chi connectivity index (χ1) is 11.0. The minimum Gasteiger partial charge on any atom is -0.496 e. The number of nitrogens with zero attached hydrogens (tertiary/aromatic N) is 1. The molecule has 23 heavy (non-hydrogen) atoms. The fraction of sp³-hybridized carbons (Fsp3) is 0.211. The average Bonchev–Trinajstić information content (AvgIpc) is 2.54. The van der Waals surface area contributed by atoms with E-state index >= 15 is 0 Å². The lowest BCUT2D eigenvalue weighted by Crippen LogP contribution is -2.12. The smallest absolute Gasteiger partial charge is 0.190 e. The van der Waals surface area contributed by atoms with E-state index in [1.165, 1.54) is 0 Å². The van der Waals surface area contributed by atoms with E-state index in [1.54, 1.807) is 7.11 Å². The first-order valence-corrected chi connectivity index (χ1v) is 8.10. The number of hydrogen-bond donors (Lipinski definition) is 0. The van der Waals surface area contributed by atoms with Crippen molar-refractivity contribution in [3.8, 4) is 5.75 Å². The highest BCUT2D eigenvalue weighted by Gasteiger charge is 2.15. The van der Waals surface area contributed by atoms with E-state index in [0.717, 1.165) is 21.4 Å². The van der Waals surface area contributed by atoms with Crippen LogP contribution in [0.15, 0.2) is 64.8 Å². The summed E-state index contributed by atoms with van der Waals surface area (Å²) in [7, 11) is 5.47. The highest BCUT2D eigenvalue weighted by molar-refractivity contribution is 9.10. The van der Waals surface area contributed by atoms with Crippen molar-refractivity contribution in [3.63, 3.8) is 0 Å². The van der Waals surface area contributed by atoms with Crippen LogP contribution < -0.4 is 4.74 Å². The first kappa shape index (κ1) is 17.3. The Labute approximate surface area is 145 Å². The molecule has 120 valence electrons. The molecule has 0 aromatic heterocycles. The maximum atomic E-state index is 12.8. The maximum absolute atomic E-state index is 12.8. The molecule has 0 aliphatic heterocycles. The first-order valence-electron chi connectivity index (χ1n) is 7.30. The molecular weight excluding hydrogens is 354 g/mol. The van der Waals surface area contributed by atoms with Crippen molar-refractivity contribution in [1.29, 1.82) is 0 Å². The van der Waals surface area contributed by atoms with Crippen LogP contribution in [-0.4, -0.2) is 31.9 Å². The number of rotatable bonds is 6. The Morgan fingerprint density at radius 2 is 1.78 bits per heavy atom. The van der Waals surface area contributed by atoms with Crippen LogP contribution in [-0.2, 0) is 6.42 Å². The molecule has 0 radical (unpaired) electrons. The lowest BCUT2D eigenvalue weighted by Gasteiger charge is -2.14. The number of Topliss-reactive ketones (excluding diaryl/α,β-unsaturated/α-hetero) is 1. The van der Waals surface area contributed by atoms with Crippen LogP contribution in [0.5, 0.6) is 5.75 Å². The molecule has 0 aliphatic rings. The van der Waals surface area contributed by atoms with Gasteiger partial charge in [-0.1, -0.05) is 34.1 Å². The summed E-state index contributed by atoms with van der Waals surface area (Å²) in [5.41, 5.74) is 2.39. The Morgan fingerprint density at radius 3 is 2.39 bits per heavy atom. The van der Waals surface area contributed by atoms with Gasteiger partial charge in [0.1, 0.15) is 5.75 Å². The number of ether oxygens (including phenoxy) is 1. The largest absolute Gasteiger partial charge is 0.496 e. The molecule has 4 heteroatoms. The molecule has 2 rings (SSSR count). The van der Waals surface area contributed by atoms with Gasteiger partial charge in [-0.3, -0.25) is 4.79 Å². The lowest BCUT2D eigenvalue weighted by atomic mass is 9.97. The van der Waals surface area contributed by atoms with Crippen LogP contribution >= 0.6 is 15.9 Å². The molecule has 0 atom stereocenters. The number of hydrogen-bond acceptors (Lipinski definition) is 3. The summed E-state index contributed by atoms with van der Waals surface area (Å²) in [6.07, 6.45) is 2.40. The van der Waals surface area contributed by atoms with E-state index in [-0.39, 0.29) is 5.78 Å². The summed E-state index contributed by atoms with van der Waals surface area (Å²) >= 11 is 3.39. The molecule has 0 saturated carbocycles. The molecule has 0 spiro atoms. The molecule has 0 fully saturated rings. The van der Waals surface area contributed by atoms with Gasteiger partial charge in [-0.15, -0.1) is 0 Å². The van der Waals surface area contributed by atoms with Crippen molar-refractivity contribution >= 4 is 21.7 Å². The zero-order valence-corrected chi connectivity index (χ0v) is 15.1. The van der Waals surface area contributed by atoms with Crippen molar-refractivity contribution in [2.75, 3.05) is 21.2 Å². The Balaban J connectivity index is 2.34. The number of halogens is 1. The third-order valence-electron chi connectivity index (χ3n) is 3.39. The van der Waals surface area contributed by atoms with Gasteiger partial charge in [0.2, 0.25) is 0 Å². The summed E-state index contributed by atoms with van der Waals surface area (Å²) in [6.45, 7) is 0. The highest BCUT2D eigenvalue weighted by atomic mass is 79.9. The molecule has 0 unspecified atom stereocenters. The molecule has 2 aromatic rings. The van der Waals surface area contributed by atoms with Crippen molar-refractivity contribution < 1.29 is 9.53 Å². The van der Waals surface area contributed by atoms with E-state index in [0.29, 0.717) is 12.0 Å². The zero-order valence-electron chi connectivity index (χ0n) is 13.5. The van der Waals surface area contributed by atoms with Crippen LogP contribution in [0, 0.1) is 0 Å². The summed E-state index contributed by atoms with van der Waals surface area (Å²) in [5.74, 6) is 0.817. The van der Waals surface area contributed by atoms with Crippen LogP contribution in [0.3, 0.4) is 0 Å². The predicted molar refractivity (Wildman–Crippen MR) is 96.9 cm³/mol. The minimum atomic E-state index is 0.0251. The molecule has 0 aliphatic carbocycles. The van der Waals surface area contributed by atoms with Gasteiger partial charge in [-0.2, -0.15) is 0 Å². The summed E-state index contributed by atoms with van der Waals surface area (Å²) < 4.78 is 6.35. The second-order valence-corrected chi connectivity index (χ2v) is 6.36. The van der Waals surface area contributed by atoms with Crippen LogP contribution in [0.2, 0.25) is 0 Å². The van der Waals surface area contributed by atoms with E-state index in [2.05, 4.69) is 15.9 Å². The van der Waals surface area contributed by atoms with Gasteiger partial charge in [-0.25, -0.2) is 0 Å². The fourth-order valence-corrected chi connectivity index (χ4v) is 2.60. The van der Waals surface area contributed by atoms with Crippen LogP contribution in [0.4, 0.5) is 0 Å². The molecule has 0 amide bonds. The number of para-hydroxylation sites is 1. The van der Waals surface area contributed by atoms with Gasteiger partial charge >= 0.3 is 0 Å². The second-order valence-electron chi connectivity index (χ2n) is 5.44. The van der Waals surface area contributed by atoms with Gasteiger partial charge < -0.3 is 9.64 Å². The second kappa shape index (κ2) is 7.97. The van der Waals surface area contributed by atoms with E-state index < -0.39 is 0 Å². The summed E-state index contributed by atoms with van der Waals surface area (Å²) in [6, 6.07) is 15.2. The molecule has 3 nitrogen and oxygen atoms in total. The fourth-order valence-electron chi connectivity index (χ4n) is 2.34. The third-order valence-corrected chi connectivity index (χ3v) is 3.91. The molecule has 2 aromatic carbocycles. The van der Waals surface area contributed by atoms with Crippen molar-refractivity contribution in [1.82, 2.24) is 4.90 Å². The topological polar surface area (TPSA) is 29.5 Å². The number of carbonyl (C=O) groups excluding carboxylic acids is 1. The number of benzene rings is 2. The monoisotopic (exact) mass is 373 g/mol. The van der Waals surface area contributed by atoms with Gasteiger partial charge in [0, 0.05) is 42.3 Å². The Morgan fingerprint density at radius 1 is 1.13 bits per heavy atom. The molecule has 0 heterocycles. The van der Waals surface area contributed by atoms with Gasteiger partial charge in [0.25, 0.3) is 0 Å². The number of carbonyl (C=O) groups is 1.